The van der Waals surface area contributed by atoms with Crippen LogP contribution in [0.4, 0.5) is 10.1 Å². The van der Waals surface area contributed by atoms with Crippen LogP contribution in [0.15, 0.2) is 42.5 Å². The molecule has 2 amide bonds. The van der Waals surface area contributed by atoms with Crippen molar-refractivity contribution in [2.45, 2.75) is 44.6 Å². The van der Waals surface area contributed by atoms with Gasteiger partial charge in [-0.1, -0.05) is 43.7 Å². The van der Waals surface area contributed by atoms with Gasteiger partial charge in [-0.25, -0.2) is 4.39 Å². The summed E-state index contributed by atoms with van der Waals surface area (Å²) in [7, 11) is 1.61. The van der Waals surface area contributed by atoms with Crippen molar-refractivity contribution >= 4 is 29.1 Å². The van der Waals surface area contributed by atoms with Crippen molar-refractivity contribution in [2.24, 2.45) is 5.92 Å². The zero-order valence-electron chi connectivity index (χ0n) is 18.8. The Bertz CT molecular complexity index is 933. The van der Waals surface area contributed by atoms with Gasteiger partial charge < -0.3 is 20.7 Å². The highest BCUT2D eigenvalue weighted by atomic mass is 35.5. The summed E-state index contributed by atoms with van der Waals surface area (Å²) in [5.74, 6) is -0.449. The number of carbonyl (C=O) groups excluding carboxylic acids is 2. The molecule has 0 bridgehead atoms. The van der Waals surface area contributed by atoms with Gasteiger partial charge in [-0.05, 0) is 54.8 Å². The number of rotatable bonds is 10. The number of methoxy groups -OCH3 is 1. The molecule has 0 spiro atoms. The lowest BCUT2D eigenvalue weighted by Gasteiger charge is -2.26. The summed E-state index contributed by atoms with van der Waals surface area (Å²) in [6.07, 6.45) is 6.05. The lowest BCUT2D eigenvalue weighted by Crippen LogP contribution is -2.48. The highest BCUT2D eigenvalue weighted by Crippen LogP contribution is 2.27. The third-order valence-corrected chi connectivity index (χ3v) is 6.17. The zero-order chi connectivity index (χ0) is 23.6. The Labute approximate surface area is 199 Å². The number of ether oxygens (including phenoxy) is 1. The van der Waals surface area contributed by atoms with Crippen molar-refractivity contribution in [3.63, 3.8) is 0 Å². The fraction of sp³-hybridized carbons (Fsp3) is 0.440. The number of benzene rings is 2. The van der Waals surface area contributed by atoms with E-state index in [1.54, 1.807) is 7.11 Å². The number of halogens is 2. The molecule has 0 radical (unpaired) electrons. The first-order valence-electron chi connectivity index (χ1n) is 11.4. The average molecular weight is 476 g/mol. The van der Waals surface area contributed by atoms with Crippen LogP contribution in [0, 0.1) is 11.7 Å². The summed E-state index contributed by atoms with van der Waals surface area (Å²) in [5.41, 5.74) is 0.749. The Morgan fingerprint density at radius 1 is 1.09 bits per heavy atom. The molecular formula is C25H31ClFN3O3. The molecule has 1 aliphatic rings. The summed E-state index contributed by atoms with van der Waals surface area (Å²) >= 11 is 5.93. The van der Waals surface area contributed by atoms with E-state index >= 15 is 0 Å². The number of carbonyl (C=O) groups is 2. The van der Waals surface area contributed by atoms with Gasteiger partial charge in [0, 0.05) is 23.8 Å². The maximum atomic E-state index is 14.2. The molecule has 2 aromatic carbocycles. The van der Waals surface area contributed by atoms with Crippen molar-refractivity contribution in [1.82, 2.24) is 10.6 Å². The second-order valence-electron chi connectivity index (χ2n) is 8.34. The van der Waals surface area contributed by atoms with Gasteiger partial charge in [0.1, 0.15) is 17.6 Å². The van der Waals surface area contributed by atoms with Crippen molar-refractivity contribution < 1.29 is 18.7 Å². The average Bonchev–Trinajstić information content (AvgIpc) is 2.83. The number of nitrogens with one attached hydrogen (secondary N) is 3. The molecule has 1 unspecified atom stereocenters. The molecule has 3 rings (SSSR count). The van der Waals surface area contributed by atoms with Gasteiger partial charge in [0.25, 0.3) is 5.91 Å². The fourth-order valence-corrected chi connectivity index (χ4v) is 4.29. The van der Waals surface area contributed by atoms with Crippen LogP contribution < -0.4 is 20.7 Å². The second kappa shape index (κ2) is 12.4. The van der Waals surface area contributed by atoms with Gasteiger partial charge >= 0.3 is 0 Å². The number of hydrogen-bond acceptors (Lipinski definition) is 4. The molecule has 33 heavy (non-hydrogen) atoms. The van der Waals surface area contributed by atoms with Gasteiger partial charge in [-0.3, -0.25) is 9.59 Å². The Morgan fingerprint density at radius 2 is 1.82 bits per heavy atom. The Kier molecular flexibility index (Phi) is 9.36. The van der Waals surface area contributed by atoms with E-state index in [1.165, 1.54) is 18.6 Å². The minimum absolute atomic E-state index is 0.162. The van der Waals surface area contributed by atoms with Gasteiger partial charge in [0.15, 0.2) is 0 Å². The number of anilines is 1. The van der Waals surface area contributed by atoms with E-state index in [0.717, 1.165) is 43.2 Å². The predicted molar refractivity (Wildman–Crippen MR) is 128 cm³/mol. The SMILES string of the molecule is COc1ccc(NCCNC(=O)C(CC2CCCCC2)NC(=O)c2cc(Cl)ccc2F)cc1. The normalized spacial score (nSPS) is 14.9. The lowest BCUT2D eigenvalue weighted by atomic mass is 9.84. The molecule has 178 valence electrons. The molecule has 0 heterocycles. The smallest absolute Gasteiger partial charge is 0.254 e. The van der Waals surface area contributed by atoms with Crippen molar-refractivity contribution in [2.75, 3.05) is 25.5 Å². The van der Waals surface area contributed by atoms with E-state index in [2.05, 4.69) is 16.0 Å². The lowest BCUT2D eigenvalue weighted by molar-refractivity contribution is -0.123. The summed E-state index contributed by atoms with van der Waals surface area (Å²) in [5, 5.41) is 9.12. The topological polar surface area (TPSA) is 79.5 Å². The maximum absolute atomic E-state index is 14.2. The third kappa shape index (κ3) is 7.63. The van der Waals surface area contributed by atoms with E-state index < -0.39 is 17.8 Å². The van der Waals surface area contributed by atoms with Crippen LogP contribution in [0.5, 0.6) is 5.75 Å². The predicted octanol–water partition coefficient (Wildman–Crippen LogP) is 4.78. The zero-order valence-corrected chi connectivity index (χ0v) is 19.6. The molecule has 1 aliphatic carbocycles. The molecule has 6 nitrogen and oxygen atoms in total. The monoisotopic (exact) mass is 475 g/mol. The largest absolute Gasteiger partial charge is 0.497 e. The molecule has 3 N–H and O–H groups in total. The first kappa shape index (κ1) is 24.8. The van der Waals surface area contributed by atoms with Crippen molar-refractivity contribution in [3.05, 3.63) is 58.9 Å². The minimum atomic E-state index is -0.736. The first-order valence-corrected chi connectivity index (χ1v) is 11.8. The summed E-state index contributed by atoms with van der Waals surface area (Å²) in [4.78, 5) is 25.7. The molecule has 1 atom stereocenters. The minimum Gasteiger partial charge on any atom is -0.497 e. The van der Waals surface area contributed by atoms with Crippen LogP contribution in [0.3, 0.4) is 0 Å². The van der Waals surface area contributed by atoms with Gasteiger partial charge in [0.2, 0.25) is 5.91 Å². The first-order chi connectivity index (χ1) is 16.0. The second-order valence-corrected chi connectivity index (χ2v) is 8.77. The van der Waals surface area contributed by atoms with E-state index in [0.29, 0.717) is 25.4 Å². The van der Waals surface area contributed by atoms with Crippen molar-refractivity contribution in [1.29, 1.82) is 0 Å². The molecule has 2 aromatic rings. The Morgan fingerprint density at radius 3 is 2.52 bits per heavy atom. The summed E-state index contributed by atoms with van der Waals surface area (Å²) < 4.78 is 19.3. The molecule has 1 saturated carbocycles. The molecule has 0 saturated heterocycles. The highest BCUT2D eigenvalue weighted by molar-refractivity contribution is 6.31. The van der Waals surface area contributed by atoms with E-state index in [9.17, 15) is 14.0 Å². The molecule has 0 aliphatic heterocycles. The van der Waals surface area contributed by atoms with Gasteiger partial charge in [-0.2, -0.15) is 0 Å². The van der Waals surface area contributed by atoms with Crippen LogP contribution in [-0.4, -0.2) is 38.1 Å². The van der Waals surface area contributed by atoms with Crippen LogP contribution in [0.1, 0.15) is 48.9 Å². The van der Waals surface area contributed by atoms with Crippen LogP contribution >= 0.6 is 11.6 Å². The quantitative estimate of drug-likeness (QED) is 0.432. The van der Waals surface area contributed by atoms with Crippen LogP contribution in [-0.2, 0) is 4.79 Å². The summed E-state index contributed by atoms with van der Waals surface area (Å²) in [6.45, 7) is 0.901. The molecule has 0 aromatic heterocycles. The van der Waals surface area contributed by atoms with Gasteiger partial charge in [-0.15, -0.1) is 0 Å². The molecular weight excluding hydrogens is 445 g/mol. The van der Waals surface area contributed by atoms with E-state index in [-0.39, 0.29) is 16.5 Å². The van der Waals surface area contributed by atoms with Crippen molar-refractivity contribution in [3.8, 4) is 5.75 Å². The standard InChI is InChI=1S/C25H31ClFN3O3/c1-33-20-10-8-19(9-11-20)28-13-14-29-25(32)23(15-17-5-3-2-4-6-17)30-24(31)21-16-18(26)7-12-22(21)27/h7-12,16-17,23,28H,2-6,13-15H2,1H3,(H,29,32)(H,30,31). The Balaban J connectivity index is 1.57. The number of amides is 2. The van der Waals surface area contributed by atoms with Gasteiger partial charge in [0.05, 0.1) is 12.7 Å². The Hall–Kier alpha value is -2.80. The number of hydrogen-bond donors (Lipinski definition) is 3. The summed E-state index contributed by atoms with van der Waals surface area (Å²) in [6, 6.07) is 10.6. The molecule has 1 fully saturated rings. The van der Waals surface area contributed by atoms with Crippen LogP contribution in [0.2, 0.25) is 5.02 Å². The van der Waals surface area contributed by atoms with Crippen LogP contribution in [0.25, 0.3) is 0 Å². The third-order valence-electron chi connectivity index (χ3n) is 5.93. The molecule has 8 heteroatoms. The van der Waals surface area contributed by atoms with E-state index in [1.807, 2.05) is 24.3 Å². The van der Waals surface area contributed by atoms with E-state index in [4.69, 9.17) is 16.3 Å². The maximum Gasteiger partial charge on any atom is 0.254 e. The fourth-order valence-electron chi connectivity index (χ4n) is 4.12. The highest BCUT2D eigenvalue weighted by Gasteiger charge is 2.27.